The molecular formula is C23H18FN3O4S. The van der Waals surface area contributed by atoms with Crippen LogP contribution in [-0.4, -0.2) is 26.5 Å². The minimum Gasteiger partial charge on any atom is -0.465 e. The van der Waals surface area contributed by atoms with Gasteiger partial charge >= 0.3 is 5.97 Å². The predicted molar refractivity (Wildman–Crippen MR) is 115 cm³/mol. The Morgan fingerprint density at radius 3 is 2.62 bits per heavy atom. The molecular weight excluding hydrogens is 433 g/mol. The molecule has 7 nitrogen and oxygen atoms in total. The molecule has 162 valence electrons. The van der Waals surface area contributed by atoms with E-state index in [4.69, 9.17) is 4.74 Å². The van der Waals surface area contributed by atoms with Crippen molar-refractivity contribution < 1.29 is 22.3 Å². The molecule has 0 saturated heterocycles. The molecule has 0 amide bonds. The number of carbonyl (C=O) groups excluding carboxylic acids is 1. The molecule has 1 heterocycles. The zero-order chi connectivity index (χ0) is 22.9. The molecule has 0 spiro atoms. The number of carbonyl (C=O) groups is 1. The van der Waals surface area contributed by atoms with Gasteiger partial charge in [-0.05, 0) is 60.7 Å². The summed E-state index contributed by atoms with van der Waals surface area (Å²) in [5.74, 6) is -1.37. The lowest BCUT2D eigenvalue weighted by atomic mass is 10.1. The highest BCUT2D eigenvalue weighted by Crippen LogP contribution is 2.43. The van der Waals surface area contributed by atoms with E-state index in [-0.39, 0.29) is 33.2 Å². The number of nitriles is 1. The Kier molecular flexibility index (Phi) is 5.63. The van der Waals surface area contributed by atoms with Crippen molar-refractivity contribution in [3.05, 3.63) is 77.2 Å². The third kappa shape index (κ3) is 4.18. The molecule has 9 heteroatoms. The average molecular weight is 451 g/mol. The highest BCUT2D eigenvalue weighted by atomic mass is 32.2. The lowest BCUT2D eigenvalue weighted by Gasteiger charge is -2.16. The summed E-state index contributed by atoms with van der Waals surface area (Å²) in [7, 11) is -2.99. The van der Waals surface area contributed by atoms with Crippen LogP contribution in [0.25, 0.3) is 11.3 Å². The minimum absolute atomic E-state index is 0.00636. The van der Waals surface area contributed by atoms with Gasteiger partial charge in [0, 0.05) is 11.8 Å². The fraction of sp³-hybridized carbons (Fsp3) is 0.174. The van der Waals surface area contributed by atoms with E-state index in [0.29, 0.717) is 11.3 Å². The van der Waals surface area contributed by atoms with E-state index in [1.165, 1.54) is 25.4 Å². The smallest absolute Gasteiger partial charge is 0.337 e. The summed E-state index contributed by atoms with van der Waals surface area (Å²) in [4.78, 5) is 16.1. The molecule has 4 rings (SSSR count). The zero-order valence-corrected chi connectivity index (χ0v) is 17.8. The number of esters is 1. The van der Waals surface area contributed by atoms with Crippen LogP contribution in [0.1, 0.15) is 40.2 Å². The third-order valence-electron chi connectivity index (χ3n) is 5.15. The number of nitrogens with zero attached hydrogens (tertiary/aromatic N) is 2. The summed E-state index contributed by atoms with van der Waals surface area (Å²) in [5.41, 5.74) is 0.897. The Hall–Kier alpha value is -3.77. The topological polar surface area (TPSA) is 109 Å². The molecule has 3 aromatic rings. The summed E-state index contributed by atoms with van der Waals surface area (Å²) in [6, 6.07) is 13.3. The summed E-state index contributed by atoms with van der Waals surface area (Å²) < 4.78 is 48.4. The van der Waals surface area contributed by atoms with Crippen molar-refractivity contribution in [2.45, 2.75) is 23.7 Å². The quantitative estimate of drug-likeness (QED) is 0.562. The standard InChI is InChI=1S/C23H18FN3O4S/c1-31-23(28)15-7-8-17(14-5-6-14)22(11-15)32(29,30)27-21-10-16(13-25)19(24)12-18(21)20-4-2-3-9-26-20/h2-4,7-12,14,27H,5-6H2,1H3. The number of pyridine rings is 1. The zero-order valence-electron chi connectivity index (χ0n) is 17.0. The van der Waals surface area contributed by atoms with E-state index >= 15 is 0 Å². The Morgan fingerprint density at radius 1 is 1.22 bits per heavy atom. The molecule has 0 aliphatic heterocycles. The van der Waals surface area contributed by atoms with Gasteiger partial charge in [0.25, 0.3) is 10.0 Å². The summed E-state index contributed by atoms with van der Waals surface area (Å²) in [6.07, 6.45) is 3.18. The minimum atomic E-state index is -4.20. The molecule has 1 aromatic heterocycles. The van der Waals surface area contributed by atoms with Gasteiger partial charge in [0.15, 0.2) is 0 Å². The van der Waals surface area contributed by atoms with Crippen LogP contribution >= 0.6 is 0 Å². The van der Waals surface area contributed by atoms with Gasteiger partial charge in [0.2, 0.25) is 0 Å². The van der Waals surface area contributed by atoms with Gasteiger partial charge < -0.3 is 4.74 Å². The van der Waals surface area contributed by atoms with Crippen LogP contribution in [-0.2, 0) is 14.8 Å². The number of benzene rings is 2. The van der Waals surface area contributed by atoms with Crippen molar-refractivity contribution in [2.75, 3.05) is 11.8 Å². The second-order valence-electron chi connectivity index (χ2n) is 7.33. The molecule has 0 bridgehead atoms. The molecule has 1 saturated carbocycles. The summed E-state index contributed by atoms with van der Waals surface area (Å²) in [6.45, 7) is 0. The van der Waals surface area contributed by atoms with Crippen LogP contribution in [0.2, 0.25) is 0 Å². The first-order chi connectivity index (χ1) is 15.3. The van der Waals surface area contributed by atoms with Crippen LogP contribution in [0.4, 0.5) is 10.1 Å². The molecule has 1 N–H and O–H groups in total. The fourth-order valence-corrected chi connectivity index (χ4v) is 4.82. The number of rotatable bonds is 6. The number of hydrogen-bond acceptors (Lipinski definition) is 6. The highest BCUT2D eigenvalue weighted by molar-refractivity contribution is 7.92. The van der Waals surface area contributed by atoms with Crippen molar-refractivity contribution in [3.8, 4) is 17.3 Å². The van der Waals surface area contributed by atoms with Gasteiger partial charge in [-0.3, -0.25) is 9.71 Å². The van der Waals surface area contributed by atoms with Gasteiger partial charge in [-0.25, -0.2) is 17.6 Å². The van der Waals surface area contributed by atoms with Crippen molar-refractivity contribution in [1.82, 2.24) is 4.98 Å². The lowest BCUT2D eigenvalue weighted by Crippen LogP contribution is -2.17. The first kappa shape index (κ1) is 21.5. The maximum absolute atomic E-state index is 14.4. The van der Waals surface area contributed by atoms with Crippen molar-refractivity contribution >= 4 is 21.7 Å². The largest absolute Gasteiger partial charge is 0.465 e. The second-order valence-corrected chi connectivity index (χ2v) is 8.98. The monoisotopic (exact) mass is 451 g/mol. The molecule has 32 heavy (non-hydrogen) atoms. The van der Waals surface area contributed by atoms with Crippen molar-refractivity contribution in [2.24, 2.45) is 0 Å². The van der Waals surface area contributed by atoms with E-state index < -0.39 is 21.8 Å². The predicted octanol–water partition coefficient (Wildman–Crippen LogP) is 4.22. The van der Waals surface area contributed by atoms with Crippen LogP contribution in [0.3, 0.4) is 0 Å². The van der Waals surface area contributed by atoms with E-state index in [1.807, 2.05) is 0 Å². The summed E-state index contributed by atoms with van der Waals surface area (Å²) >= 11 is 0. The second kappa shape index (κ2) is 8.40. The highest BCUT2D eigenvalue weighted by Gasteiger charge is 2.32. The molecule has 1 aliphatic carbocycles. The Balaban J connectivity index is 1.84. The normalized spacial score (nSPS) is 13.3. The number of aromatic nitrogens is 1. The Bertz CT molecular complexity index is 1350. The first-order valence-electron chi connectivity index (χ1n) is 9.74. The van der Waals surface area contributed by atoms with Gasteiger partial charge in [0.1, 0.15) is 11.9 Å². The molecule has 0 radical (unpaired) electrons. The van der Waals surface area contributed by atoms with Gasteiger partial charge in [-0.15, -0.1) is 0 Å². The molecule has 0 unspecified atom stereocenters. The van der Waals surface area contributed by atoms with Crippen molar-refractivity contribution in [1.29, 1.82) is 5.26 Å². The van der Waals surface area contributed by atoms with Gasteiger partial charge in [-0.1, -0.05) is 12.1 Å². The third-order valence-corrected chi connectivity index (χ3v) is 6.58. The Morgan fingerprint density at radius 2 is 2.00 bits per heavy atom. The van der Waals surface area contributed by atoms with E-state index in [9.17, 15) is 22.9 Å². The molecule has 1 aliphatic rings. The molecule has 1 fully saturated rings. The van der Waals surface area contributed by atoms with Crippen LogP contribution in [0, 0.1) is 17.1 Å². The van der Waals surface area contributed by atoms with E-state index in [1.54, 1.807) is 30.3 Å². The van der Waals surface area contributed by atoms with Gasteiger partial charge in [-0.2, -0.15) is 5.26 Å². The SMILES string of the molecule is COC(=O)c1ccc(C2CC2)c(S(=O)(=O)Nc2cc(C#N)c(F)cc2-c2ccccn2)c1. The number of methoxy groups -OCH3 is 1. The van der Waals surface area contributed by atoms with E-state index in [0.717, 1.165) is 25.0 Å². The average Bonchev–Trinajstić information content (AvgIpc) is 3.65. The molecule has 2 aromatic carbocycles. The lowest BCUT2D eigenvalue weighted by molar-refractivity contribution is 0.0600. The maximum atomic E-state index is 14.4. The number of sulfonamides is 1. The fourth-order valence-electron chi connectivity index (χ4n) is 3.42. The van der Waals surface area contributed by atoms with Crippen LogP contribution in [0.5, 0.6) is 0 Å². The Labute approximate surface area is 184 Å². The van der Waals surface area contributed by atoms with Crippen LogP contribution in [0.15, 0.2) is 59.6 Å². The van der Waals surface area contributed by atoms with Crippen molar-refractivity contribution in [3.63, 3.8) is 0 Å². The number of hydrogen-bond donors (Lipinski definition) is 1. The number of halogens is 1. The number of ether oxygens (including phenoxy) is 1. The summed E-state index contributed by atoms with van der Waals surface area (Å²) in [5, 5.41) is 9.24. The van der Waals surface area contributed by atoms with E-state index in [2.05, 4.69) is 9.71 Å². The molecule has 0 atom stereocenters. The van der Waals surface area contributed by atoms with Crippen LogP contribution < -0.4 is 4.72 Å². The number of anilines is 1. The first-order valence-corrected chi connectivity index (χ1v) is 11.2. The number of nitrogens with one attached hydrogen (secondary N) is 1. The van der Waals surface area contributed by atoms with Gasteiger partial charge in [0.05, 0.1) is 34.5 Å². The maximum Gasteiger partial charge on any atom is 0.337 e.